The van der Waals surface area contributed by atoms with Gasteiger partial charge in [0.25, 0.3) is 0 Å². The molecule has 1 N–H and O–H groups in total. The molecule has 0 amide bonds. The minimum absolute atomic E-state index is 0.422. The average Bonchev–Trinajstić information content (AvgIpc) is 2.61. The Balaban J connectivity index is 2.59. The summed E-state index contributed by atoms with van der Waals surface area (Å²) in [7, 11) is 0. The summed E-state index contributed by atoms with van der Waals surface area (Å²) >= 11 is 1.47. The minimum Gasteiger partial charge on any atom is -0.478 e. The highest BCUT2D eigenvalue weighted by Crippen LogP contribution is 2.30. The molecule has 0 aliphatic carbocycles. The van der Waals surface area contributed by atoms with E-state index in [1.165, 1.54) is 11.3 Å². The zero-order chi connectivity index (χ0) is 10.8. The van der Waals surface area contributed by atoms with Crippen LogP contribution in [-0.2, 0) is 0 Å². The smallest absolute Gasteiger partial charge is 0.337 e. The predicted molar refractivity (Wildman–Crippen MR) is 61.5 cm³/mol. The summed E-state index contributed by atoms with van der Waals surface area (Å²) in [5, 5.41) is 11.0. The highest BCUT2D eigenvalue weighted by atomic mass is 32.1. The second kappa shape index (κ2) is 3.87. The Morgan fingerprint density at radius 2 is 1.93 bits per heavy atom. The van der Waals surface area contributed by atoms with Crippen LogP contribution in [0.5, 0.6) is 0 Å². The maximum atomic E-state index is 11.1. The van der Waals surface area contributed by atoms with E-state index in [4.69, 9.17) is 5.11 Å². The first-order chi connectivity index (χ1) is 7.20. The molecule has 2 nitrogen and oxygen atoms in total. The predicted octanol–water partition coefficient (Wildman–Crippen LogP) is 3.42. The number of benzene rings is 1. The lowest BCUT2D eigenvalue weighted by Gasteiger charge is -2.00. The molecule has 0 aliphatic heterocycles. The molecule has 2 aromatic rings. The van der Waals surface area contributed by atoms with Gasteiger partial charge in [-0.3, -0.25) is 0 Å². The number of aryl methyl sites for hydroxylation is 1. The molecule has 2 rings (SSSR count). The summed E-state index contributed by atoms with van der Waals surface area (Å²) in [6.45, 7) is 1.83. The number of hydrogen-bond acceptors (Lipinski definition) is 2. The van der Waals surface area contributed by atoms with Crippen molar-refractivity contribution in [2.75, 3.05) is 0 Å². The third-order valence-electron chi connectivity index (χ3n) is 2.27. The molecule has 0 saturated heterocycles. The van der Waals surface area contributed by atoms with Crippen LogP contribution >= 0.6 is 11.3 Å². The average molecular weight is 218 g/mol. The fourth-order valence-corrected chi connectivity index (χ4v) is 2.41. The van der Waals surface area contributed by atoms with Gasteiger partial charge in [-0.1, -0.05) is 30.3 Å². The lowest BCUT2D eigenvalue weighted by Crippen LogP contribution is -1.98. The maximum absolute atomic E-state index is 11.1. The molecule has 0 spiro atoms. The number of carbonyl (C=O) groups is 1. The molecule has 0 radical (unpaired) electrons. The molecular weight excluding hydrogens is 208 g/mol. The quantitative estimate of drug-likeness (QED) is 0.838. The summed E-state index contributed by atoms with van der Waals surface area (Å²) in [6, 6.07) is 9.59. The molecule has 0 saturated carbocycles. The molecular formula is C12H10O2S. The van der Waals surface area contributed by atoms with Crippen LogP contribution in [0.4, 0.5) is 0 Å². The Kier molecular flexibility index (Phi) is 2.56. The summed E-state index contributed by atoms with van der Waals surface area (Å²) in [4.78, 5) is 11.9. The lowest BCUT2D eigenvalue weighted by molar-refractivity contribution is 0.0697. The van der Waals surface area contributed by atoms with Gasteiger partial charge in [0.15, 0.2) is 0 Å². The normalized spacial score (nSPS) is 10.2. The molecule has 0 aliphatic rings. The number of hydrogen-bond donors (Lipinski definition) is 1. The van der Waals surface area contributed by atoms with Crippen molar-refractivity contribution in [2.45, 2.75) is 6.92 Å². The van der Waals surface area contributed by atoms with E-state index in [2.05, 4.69) is 0 Å². The van der Waals surface area contributed by atoms with E-state index in [0.29, 0.717) is 5.56 Å². The lowest BCUT2D eigenvalue weighted by atomic mass is 10.0. The number of thiophene rings is 1. The molecule has 0 fully saturated rings. The van der Waals surface area contributed by atoms with Crippen molar-refractivity contribution in [1.82, 2.24) is 0 Å². The topological polar surface area (TPSA) is 37.3 Å². The molecule has 0 unspecified atom stereocenters. The van der Waals surface area contributed by atoms with Crippen molar-refractivity contribution in [3.8, 4) is 11.1 Å². The van der Waals surface area contributed by atoms with Gasteiger partial charge < -0.3 is 5.11 Å². The number of carboxylic acid groups (broad SMARTS) is 1. The molecule has 0 atom stereocenters. The van der Waals surface area contributed by atoms with Crippen molar-refractivity contribution in [2.24, 2.45) is 0 Å². The van der Waals surface area contributed by atoms with Crippen LogP contribution < -0.4 is 0 Å². The van der Waals surface area contributed by atoms with Crippen molar-refractivity contribution in [3.05, 3.63) is 46.2 Å². The van der Waals surface area contributed by atoms with E-state index >= 15 is 0 Å². The number of rotatable bonds is 2. The molecule has 76 valence electrons. The highest BCUT2D eigenvalue weighted by Gasteiger charge is 2.16. The first kappa shape index (κ1) is 9.93. The fourth-order valence-electron chi connectivity index (χ4n) is 1.55. The monoisotopic (exact) mass is 218 g/mol. The van der Waals surface area contributed by atoms with Gasteiger partial charge in [-0.25, -0.2) is 4.79 Å². The van der Waals surface area contributed by atoms with E-state index in [1.54, 1.807) is 0 Å². The second-order valence-corrected chi connectivity index (χ2v) is 4.34. The van der Waals surface area contributed by atoms with E-state index < -0.39 is 5.97 Å². The molecule has 1 heterocycles. The first-order valence-corrected chi connectivity index (χ1v) is 5.45. The van der Waals surface area contributed by atoms with Crippen molar-refractivity contribution < 1.29 is 9.90 Å². The number of aromatic carboxylic acids is 1. The summed E-state index contributed by atoms with van der Waals surface area (Å²) in [5.41, 5.74) is 2.19. The van der Waals surface area contributed by atoms with Gasteiger partial charge in [0.2, 0.25) is 0 Å². The minimum atomic E-state index is -0.854. The van der Waals surface area contributed by atoms with Crippen LogP contribution in [-0.4, -0.2) is 11.1 Å². The molecule has 0 bridgehead atoms. The summed E-state index contributed by atoms with van der Waals surface area (Å²) in [5.74, 6) is -0.854. The Morgan fingerprint density at radius 3 is 2.53 bits per heavy atom. The molecule has 3 heteroatoms. The van der Waals surface area contributed by atoms with Gasteiger partial charge >= 0.3 is 5.97 Å². The maximum Gasteiger partial charge on any atom is 0.337 e. The van der Waals surface area contributed by atoms with Gasteiger partial charge in [-0.2, -0.15) is 0 Å². The highest BCUT2D eigenvalue weighted by molar-refractivity contribution is 7.10. The van der Waals surface area contributed by atoms with Gasteiger partial charge in [-0.15, -0.1) is 11.3 Å². The molecule has 1 aromatic heterocycles. The van der Waals surface area contributed by atoms with Crippen molar-refractivity contribution in [1.29, 1.82) is 0 Å². The van der Waals surface area contributed by atoms with Crippen LogP contribution in [0.3, 0.4) is 0 Å². The fraction of sp³-hybridized carbons (Fsp3) is 0.0833. The summed E-state index contributed by atoms with van der Waals surface area (Å²) < 4.78 is 0. The van der Waals surface area contributed by atoms with Crippen LogP contribution in [0.15, 0.2) is 35.7 Å². The van der Waals surface area contributed by atoms with Crippen LogP contribution in [0, 0.1) is 6.92 Å². The van der Waals surface area contributed by atoms with Crippen LogP contribution in [0.2, 0.25) is 0 Å². The van der Waals surface area contributed by atoms with Crippen LogP contribution in [0.25, 0.3) is 11.1 Å². The van der Waals surface area contributed by atoms with Crippen LogP contribution in [0.1, 0.15) is 15.2 Å². The van der Waals surface area contributed by atoms with Crippen molar-refractivity contribution in [3.63, 3.8) is 0 Å². The Morgan fingerprint density at radius 1 is 1.27 bits per heavy atom. The van der Waals surface area contributed by atoms with Gasteiger partial charge in [0, 0.05) is 10.4 Å². The Hall–Kier alpha value is -1.61. The van der Waals surface area contributed by atoms with E-state index in [-0.39, 0.29) is 0 Å². The van der Waals surface area contributed by atoms with E-state index in [9.17, 15) is 4.79 Å². The van der Waals surface area contributed by atoms with Gasteiger partial charge in [0.1, 0.15) is 0 Å². The SMILES string of the molecule is Cc1scc(-c2ccccc2)c1C(=O)O. The Bertz CT molecular complexity index is 486. The summed E-state index contributed by atoms with van der Waals surface area (Å²) in [6.07, 6.45) is 0. The zero-order valence-corrected chi connectivity index (χ0v) is 9.04. The third kappa shape index (κ3) is 1.78. The van der Waals surface area contributed by atoms with Crippen molar-refractivity contribution >= 4 is 17.3 Å². The molecule has 1 aromatic carbocycles. The third-order valence-corrected chi connectivity index (χ3v) is 3.18. The van der Waals surface area contributed by atoms with E-state index in [1.807, 2.05) is 42.6 Å². The van der Waals surface area contributed by atoms with Gasteiger partial charge in [0.05, 0.1) is 5.56 Å². The zero-order valence-electron chi connectivity index (χ0n) is 8.23. The van der Waals surface area contributed by atoms with E-state index in [0.717, 1.165) is 16.0 Å². The second-order valence-electron chi connectivity index (χ2n) is 3.25. The largest absolute Gasteiger partial charge is 0.478 e. The Labute approximate surface area is 91.8 Å². The first-order valence-electron chi connectivity index (χ1n) is 4.57. The standard InChI is InChI=1S/C12H10O2S/c1-8-11(12(13)14)10(7-15-8)9-5-3-2-4-6-9/h2-7H,1H3,(H,13,14). The van der Waals surface area contributed by atoms with Gasteiger partial charge in [-0.05, 0) is 17.9 Å². The number of carboxylic acids is 1. The molecule has 15 heavy (non-hydrogen) atoms.